The fourth-order valence-electron chi connectivity index (χ4n) is 6.03. The Bertz CT molecular complexity index is 2000. The van der Waals surface area contributed by atoms with Gasteiger partial charge in [-0.1, -0.05) is 62.4 Å². The number of carbonyl (C=O) groups excluding carboxylic acids is 6. The molecule has 0 fully saturated rings. The van der Waals surface area contributed by atoms with E-state index >= 15 is 0 Å². The Hall–Kier alpha value is -6.85. The van der Waals surface area contributed by atoms with Crippen molar-refractivity contribution in [3.8, 4) is 0 Å². The summed E-state index contributed by atoms with van der Waals surface area (Å²) in [5.74, 6) is -3.23. The number of hydrazine groups is 1. The van der Waals surface area contributed by atoms with Crippen molar-refractivity contribution in [3.63, 3.8) is 0 Å². The van der Waals surface area contributed by atoms with Crippen LogP contribution < -0.4 is 48.9 Å². The predicted octanol–water partition coefficient (Wildman–Crippen LogP) is 0.594. The van der Waals surface area contributed by atoms with Crippen molar-refractivity contribution in [1.82, 2.24) is 47.4 Å². The lowest BCUT2D eigenvalue weighted by Crippen LogP contribution is -2.59. The first-order chi connectivity index (χ1) is 27.3. The molecule has 0 radical (unpaired) electrons. The van der Waals surface area contributed by atoms with Gasteiger partial charge in [0.25, 0.3) is 11.8 Å². The fourth-order valence-corrected chi connectivity index (χ4v) is 6.03. The lowest BCUT2D eigenvalue weighted by atomic mass is 10.0. The van der Waals surface area contributed by atoms with Crippen LogP contribution in [0.3, 0.4) is 0 Å². The molecule has 13 N–H and O–H groups in total. The van der Waals surface area contributed by atoms with Crippen LogP contribution in [0.4, 0.5) is 4.79 Å². The van der Waals surface area contributed by atoms with Crippen molar-refractivity contribution in [3.05, 3.63) is 95.9 Å². The number of H-pyrrole nitrogens is 2. The standard InChI is InChI=1S/C39H52N12O6/c1-23(2)19-31(49-39(57)51-50-37(56)32(20-24-11-5-4-6-12-24)48-34(53)28-15-9-17-43-28)36(55)46-29(16-10-18-44-38(41)42-3)35(54)47-30(33(40)52)21-25-22-45-27-14-8-7-13-26(25)27/h4-9,11-15,17,22-23,29-32,43,45H,10,16,18-21H2,1-3H3,(H2,40,52)(H,46,55)(H,47,54)(H,48,53)(H,50,56)(H3,41,42,44)(H2,49,51,57)/t29-,30-,31-,32-/m0/s1. The first kappa shape index (κ1) is 42.9. The topological polar surface area (TPSA) is 283 Å². The monoisotopic (exact) mass is 784 g/mol. The van der Waals surface area contributed by atoms with Crippen molar-refractivity contribution >= 4 is 52.4 Å². The molecule has 0 unspecified atom stereocenters. The Kier molecular flexibility index (Phi) is 16.0. The molecule has 0 saturated carbocycles. The lowest BCUT2D eigenvalue weighted by molar-refractivity contribution is -0.132. The van der Waals surface area contributed by atoms with E-state index in [2.05, 4.69) is 52.4 Å². The molecule has 4 rings (SSSR count). The second-order valence-electron chi connectivity index (χ2n) is 13.8. The van der Waals surface area contributed by atoms with E-state index in [9.17, 15) is 28.8 Å². The first-order valence-electron chi connectivity index (χ1n) is 18.6. The highest BCUT2D eigenvalue weighted by Gasteiger charge is 2.30. The third kappa shape index (κ3) is 13.4. The Balaban J connectivity index is 1.43. The number of nitrogens with zero attached hydrogens (tertiary/aromatic N) is 1. The van der Waals surface area contributed by atoms with Gasteiger partial charge in [0.05, 0.1) is 0 Å². The van der Waals surface area contributed by atoms with Crippen LogP contribution in [-0.2, 0) is 32.0 Å². The Morgan fingerprint density at radius 3 is 2.11 bits per heavy atom. The molecule has 304 valence electrons. The molecule has 18 heteroatoms. The van der Waals surface area contributed by atoms with Crippen molar-refractivity contribution in [2.75, 3.05) is 13.6 Å². The summed E-state index contributed by atoms with van der Waals surface area (Å²) in [6.07, 6.45) is 4.19. The van der Waals surface area contributed by atoms with E-state index < -0.39 is 59.7 Å². The number of aliphatic imine (C=N–C) groups is 1. The summed E-state index contributed by atoms with van der Waals surface area (Å²) in [5.41, 5.74) is 18.7. The number of fused-ring (bicyclic) bond motifs is 1. The summed E-state index contributed by atoms with van der Waals surface area (Å²) in [7, 11) is 1.52. The van der Waals surface area contributed by atoms with E-state index in [-0.39, 0.29) is 43.3 Å². The number of primary amides is 1. The molecule has 0 bridgehead atoms. The average Bonchev–Trinajstić information content (AvgIpc) is 3.88. The molecular formula is C39H52N12O6. The largest absolute Gasteiger partial charge is 0.370 e. The zero-order valence-corrected chi connectivity index (χ0v) is 32.2. The maximum absolute atomic E-state index is 13.8. The Morgan fingerprint density at radius 1 is 0.719 bits per heavy atom. The van der Waals surface area contributed by atoms with E-state index in [4.69, 9.17) is 11.5 Å². The van der Waals surface area contributed by atoms with Crippen LogP contribution in [0.2, 0.25) is 0 Å². The number of aromatic nitrogens is 2. The zero-order chi connectivity index (χ0) is 41.3. The molecule has 2 aromatic heterocycles. The van der Waals surface area contributed by atoms with Crippen LogP contribution in [0.15, 0.2) is 84.1 Å². The number of urea groups is 1. The van der Waals surface area contributed by atoms with E-state index in [1.54, 1.807) is 48.8 Å². The van der Waals surface area contributed by atoms with Crippen LogP contribution in [0.25, 0.3) is 10.9 Å². The number of amides is 7. The van der Waals surface area contributed by atoms with E-state index in [0.29, 0.717) is 13.0 Å². The number of hydrogen-bond donors (Lipinski definition) is 11. The number of para-hydroxylation sites is 1. The number of hydrogen-bond acceptors (Lipinski definition) is 7. The van der Waals surface area contributed by atoms with Gasteiger partial charge in [0, 0.05) is 49.7 Å². The van der Waals surface area contributed by atoms with Gasteiger partial charge < -0.3 is 48.0 Å². The molecule has 0 aliphatic heterocycles. The first-order valence-corrected chi connectivity index (χ1v) is 18.6. The number of rotatable bonds is 19. The molecular weight excluding hydrogens is 733 g/mol. The van der Waals surface area contributed by atoms with Crippen molar-refractivity contribution in [2.24, 2.45) is 22.4 Å². The highest BCUT2D eigenvalue weighted by atomic mass is 16.2. The predicted molar refractivity (Wildman–Crippen MR) is 215 cm³/mol. The minimum absolute atomic E-state index is 0.0858. The highest BCUT2D eigenvalue weighted by Crippen LogP contribution is 2.19. The summed E-state index contributed by atoms with van der Waals surface area (Å²) >= 11 is 0. The van der Waals surface area contributed by atoms with E-state index in [1.807, 2.05) is 44.2 Å². The molecule has 2 heterocycles. The van der Waals surface area contributed by atoms with Crippen molar-refractivity contribution in [2.45, 2.75) is 70.1 Å². The minimum Gasteiger partial charge on any atom is -0.370 e. The van der Waals surface area contributed by atoms with Gasteiger partial charge in [-0.25, -0.2) is 10.2 Å². The van der Waals surface area contributed by atoms with Crippen LogP contribution in [0.5, 0.6) is 0 Å². The molecule has 0 aliphatic rings. The number of nitrogens with two attached hydrogens (primary N) is 2. The molecule has 7 amide bonds. The molecule has 0 aliphatic carbocycles. The van der Waals surface area contributed by atoms with Crippen LogP contribution in [0.1, 0.15) is 54.7 Å². The molecule has 2 aromatic carbocycles. The Labute approximate surface area is 330 Å². The van der Waals surface area contributed by atoms with E-state index in [1.165, 1.54) is 7.05 Å². The number of carbonyl (C=O) groups is 6. The number of nitrogens with one attached hydrogen (secondary N) is 9. The van der Waals surface area contributed by atoms with Crippen molar-refractivity contribution in [1.29, 1.82) is 0 Å². The van der Waals surface area contributed by atoms with Gasteiger partial charge in [-0.15, -0.1) is 0 Å². The molecule has 0 spiro atoms. The SMILES string of the molecule is CN=C(N)NCCC[C@H](NC(=O)[C@H](CC(C)C)NC(=O)NNC(=O)[C@H](Cc1ccccc1)NC(=O)c1ccc[nH]1)C(=O)N[C@@H](Cc1c[nH]c2ccccc12)C(N)=O. The minimum atomic E-state index is -1.15. The summed E-state index contributed by atoms with van der Waals surface area (Å²) in [6.45, 7) is 4.02. The zero-order valence-electron chi connectivity index (χ0n) is 32.2. The van der Waals surface area contributed by atoms with Crippen LogP contribution in [-0.4, -0.2) is 89.3 Å². The Morgan fingerprint density at radius 2 is 1.42 bits per heavy atom. The van der Waals surface area contributed by atoms with Gasteiger partial charge in [-0.05, 0) is 54.5 Å². The second-order valence-corrected chi connectivity index (χ2v) is 13.8. The normalized spacial score (nSPS) is 13.4. The summed E-state index contributed by atoms with van der Waals surface area (Å²) in [5, 5.41) is 14.4. The second kappa shape index (κ2) is 21.3. The smallest absolute Gasteiger partial charge is 0.334 e. The van der Waals surface area contributed by atoms with Gasteiger partial charge in [0.15, 0.2) is 5.96 Å². The summed E-state index contributed by atoms with van der Waals surface area (Å²) < 4.78 is 0. The molecule has 0 saturated heterocycles. The number of benzene rings is 2. The highest BCUT2D eigenvalue weighted by molar-refractivity contribution is 5.97. The molecule has 4 atom stereocenters. The number of guanidine groups is 1. The van der Waals surface area contributed by atoms with Crippen LogP contribution >= 0.6 is 0 Å². The van der Waals surface area contributed by atoms with Gasteiger partial charge in [-0.3, -0.25) is 34.4 Å². The third-order valence-electron chi connectivity index (χ3n) is 8.98. The van der Waals surface area contributed by atoms with Gasteiger partial charge >= 0.3 is 6.03 Å². The van der Waals surface area contributed by atoms with Gasteiger partial charge in [-0.2, -0.15) is 0 Å². The molecule has 18 nitrogen and oxygen atoms in total. The van der Waals surface area contributed by atoms with Crippen LogP contribution in [0, 0.1) is 5.92 Å². The molecule has 4 aromatic rings. The quantitative estimate of drug-likeness (QED) is 0.0276. The maximum atomic E-state index is 13.8. The van der Waals surface area contributed by atoms with E-state index in [0.717, 1.165) is 22.0 Å². The third-order valence-corrected chi connectivity index (χ3v) is 8.98. The fraction of sp³-hybridized carbons (Fsp3) is 0.359. The van der Waals surface area contributed by atoms with Crippen molar-refractivity contribution < 1.29 is 28.8 Å². The lowest BCUT2D eigenvalue weighted by Gasteiger charge is -2.26. The summed E-state index contributed by atoms with van der Waals surface area (Å²) in [6, 6.07) is 14.3. The van der Waals surface area contributed by atoms with Gasteiger partial charge in [0.2, 0.25) is 17.7 Å². The van der Waals surface area contributed by atoms with Gasteiger partial charge in [0.1, 0.15) is 29.9 Å². The molecule has 57 heavy (non-hydrogen) atoms. The number of aromatic amines is 2. The maximum Gasteiger partial charge on any atom is 0.334 e. The summed E-state index contributed by atoms with van der Waals surface area (Å²) in [4.78, 5) is 89.2. The average molecular weight is 785 g/mol.